The van der Waals surface area contributed by atoms with Crippen LogP contribution in [-0.2, 0) is 6.54 Å². The molecule has 1 aliphatic heterocycles. The zero-order valence-corrected chi connectivity index (χ0v) is 10.4. The maximum absolute atomic E-state index is 13.5. The second-order valence-corrected chi connectivity index (χ2v) is 5.01. The molecule has 0 saturated carbocycles. The average molecular weight is 284 g/mol. The third-order valence-electron chi connectivity index (χ3n) is 2.99. The fraction of sp³-hybridized carbons (Fsp3) is 0.364. The number of nitrogens with zero attached hydrogens (tertiary/aromatic N) is 2. The van der Waals surface area contributed by atoms with E-state index in [4.69, 9.17) is 0 Å². The molecule has 0 amide bonds. The minimum absolute atomic E-state index is 0.235. The molecule has 3 rings (SSSR count). The number of nitrogens with one attached hydrogen (secondary N) is 1. The number of rotatable bonds is 0. The molecule has 0 fully saturated rings. The molecule has 0 spiro atoms. The first kappa shape index (κ1) is 10.2. The molecule has 84 valence electrons. The molecule has 16 heavy (non-hydrogen) atoms. The first-order chi connectivity index (χ1) is 7.66. The van der Waals surface area contributed by atoms with Gasteiger partial charge in [0.15, 0.2) is 0 Å². The molecular formula is C11H11BrFN3. The molecule has 5 heteroatoms. The molecule has 1 aromatic carbocycles. The van der Waals surface area contributed by atoms with E-state index in [9.17, 15) is 4.39 Å². The standard InChI is InChI=1S/C11H11BrFN3/c1-6-4-14-5-11-7-2-9(13)8(12)3-10(7)15-16(6)11/h2-3,6,14H,4-5H2,1H3/t6-/m1/s1. The molecule has 2 heterocycles. The van der Waals surface area contributed by atoms with Gasteiger partial charge in [-0.1, -0.05) is 0 Å². The van der Waals surface area contributed by atoms with Crippen molar-refractivity contribution in [3.05, 3.63) is 28.1 Å². The Kier molecular flexibility index (Phi) is 2.26. The summed E-state index contributed by atoms with van der Waals surface area (Å²) in [6, 6.07) is 3.61. The molecular weight excluding hydrogens is 273 g/mol. The van der Waals surface area contributed by atoms with Crippen LogP contribution in [-0.4, -0.2) is 16.3 Å². The van der Waals surface area contributed by atoms with Crippen molar-refractivity contribution in [1.82, 2.24) is 15.1 Å². The van der Waals surface area contributed by atoms with Crippen LogP contribution in [0.1, 0.15) is 18.7 Å². The first-order valence-electron chi connectivity index (χ1n) is 5.23. The van der Waals surface area contributed by atoms with Crippen LogP contribution in [0, 0.1) is 5.82 Å². The topological polar surface area (TPSA) is 29.9 Å². The fourth-order valence-corrected chi connectivity index (χ4v) is 2.51. The lowest BCUT2D eigenvalue weighted by Gasteiger charge is -2.21. The summed E-state index contributed by atoms with van der Waals surface area (Å²) < 4.78 is 16.0. The van der Waals surface area contributed by atoms with Gasteiger partial charge in [0.2, 0.25) is 0 Å². The average Bonchev–Trinajstić information content (AvgIpc) is 2.59. The van der Waals surface area contributed by atoms with Gasteiger partial charge in [0.25, 0.3) is 0 Å². The molecule has 0 aliphatic carbocycles. The Hall–Kier alpha value is -0.940. The van der Waals surface area contributed by atoms with Gasteiger partial charge in [-0.05, 0) is 35.0 Å². The number of hydrogen-bond acceptors (Lipinski definition) is 2. The summed E-state index contributed by atoms with van der Waals surface area (Å²) in [5, 5.41) is 8.73. The Balaban J connectivity index is 2.32. The van der Waals surface area contributed by atoms with Crippen LogP contribution in [0.4, 0.5) is 4.39 Å². The van der Waals surface area contributed by atoms with E-state index in [1.807, 2.05) is 4.68 Å². The number of halogens is 2. The maximum Gasteiger partial charge on any atom is 0.138 e. The van der Waals surface area contributed by atoms with E-state index in [2.05, 4.69) is 33.3 Å². The van der Waals surface area contributed by atoms with Gasteiger partial charge in [-0.15, -0.1) is 0 Å². The molecule has 1 aromatic heterocycles. The highest BCUT2D eigenvalue weighted by molar-refractivity contribution is 9.10. The van der Waals surface area contributed by atoms with Gasteiger partial charge in [-0.2, -0.15) is 5.10 Å². The van der Waals surface area contributed by atoms with Crippen LogP contribution in [0.25, 0.3) is 10.9 Å². The summed E-state index contributed by atoms with van der Waals surface area (Å²) in [6.45, 7) is 3.76. The van der Waals surface area contributed by atoms with Gasteiger partial charge in [-0.25, -0.2) is 4.39 Å². The molecule has 0 unspecified atom stereocenters. The van der Waals surface area contributed by atoms with Crippen LogP contribution in [0.2, 0.25) is 0 Å². The Morgan fingerprint density at radius 3 is 3.19 bits per heavy atom. The van der Waals surface area contributed by atoms with E-state index in [1.165, 1.54) is 0 Å². The summed E-state index contributed by atoms with van der Waals surface area (Å²) in [5.41, 5.74) is 1.92. The van der Waals surface area contributed by atoms with Crippen molar-refractivity contribution in [2.75, 3.05) is 6.54 Å². The second-order valence-electron chi connectivity index (χ2n) is 4.15. The van der Waals surface area contributed by atoms with Crippen LogP contribution < -0.4 is 5.32 Å². The maximum atomic E-state index is 13.5. The Morgan fingerprint density at radius 2 is 2.38 bits per heavy atom. The SMILES string of the molecule is C[C@@H]1CNCc2c3cc(F)c(Br)cc3nn21. The van der Waals surface area contributed by atoms with E-state index in [0.717, 1.165) is 29.7 Å². The molecule has 0 saturated heterocycles. The summed E-state index contributed by atoms with van der Waals surface area (Å²) in [6.07, 6.45) is 0. The number of aromatic nitrogens is 2. The lowest BCUT2D eigenvalue weighted by molar-refractivity contribution is 0.395. The molecule has 1 N–H and O–H groups in total. The smallest absolute Gasteiger partial charge is 0.138 e. The summed E-state index contributed by atoms with van der Waals surface area (Å²) >= 11 is 3.18. The summed E-state index contributed by atoms with van der Waals surface area (Å²) in [7, 11) is 0. The molecule has 1 aliphatic rings. The number of benzene rings is 1. The predicted molar refractivity (Wildman–Crippen MR) is 63.8 cm³/mol. The second kappa shape index (κ2) is 3.53. The lowest BCUT2D eigenvalue weighted by Crippen LogP contribution is -2.31. The van der Waals surface area contributed by atoms with E-state index >= 15 is 0 Å². The van der Waals surface area contributed by atoms with E-state index in [1.54, 1.807) is 12.1 Å². The first-order valence-corrected chi connectivity index (χ1v) is 6.03. The highest BCUT2D eigenvalue weighted by Crippen LogP contribution is 2.28. The Morgan fingerprint density at radius 1 is 1.56 bits per heavy atom. The van der Waals surface area contributed by atoms with Crippen molar-refractivity contribution >= 4 is 26.8 Å². The zero-order chi connectivity index (χ0) is 11.3. The molecule has 0 radical (unpaired) electrons. The highest BCUT2D eigenvalue weighted by Gasteiger charge is 2.20. The van der Waals surface area contributed by atoms with Crippen LogP contribution in [0.3, 0.4) is 0 Å². The molecule has 1 atom stereocenters. The third kappa shape index (κ3) is 1.38. The van der Waals surface area contributed by atoms with Crippen molar-refractivity contribution in [2.45, 2.75) is 19.5 Å². The summed E-state index contributed by atoms with van der Waals surface area (Å²) in [4.78, 5) is 0. The minimum Gasteiger partial charge on any atom is -0.309 e. The largest absolute Gasteiger partial charge is 0.309 e. The van der Waals surface area contributed by atoms with Crippen molar-refractivity contribution in [3.8, 4) is 0 Å². The van der Waals surface area contributed by atoms with Gasteiger partial charge < -0.3 is 5.32 Å². The Bertz CT molecular complexity index is 564. The van der Waals surface area contributed by atoms with Crippen molar-refractivity contribution in [1.29, 1.82) is 0 Å². The van der Waals surface area contributed by atoms with E-state index < -0.39 is 0 Å². The van der Waals surface area contributed by atoms with Crippen molar-refractivity contribution < 1.29 is 4.39 Å². The van der Waals surface area contributed by atoms with Gasteiger partial charge in [0.1, 0.15) is 5.82 Å². The lowest BCUT2D eigenvalue weighted by atomic mass is 10.1. The van der Waals surface area contributed by atoms with Crippen molar-refractivity contribution in [2.24, 2.45) is 0 Å². The van der Waals surface area contributed by atoms with Crippen LogP contribution >= 0.6 is 15.9 Å². The van der Waals surface area contributed by atoms with Crippen LogP contribution in [0.15, 0.2) is 16.6 Å². The van der Waals surface area contributed by atoms with Gasteiger partial charge in [0, 0.05) is 18.5 Å². The quantitative estimate of drug-likeness (QED) is 0.806. The Labute approximate surface area is 101 Å². The summed E-state index contributed by atoms with van der Waals surface area (Å²) in [5.74, 6) is -0.235. The monoisotopic (exact) mass is 283 g/mol. The fourth-order valence-electron chi connectivity index (χ4n) is 2.18. The third-order valence-corrected chi connectivity index (χ3v) is 3.60. The van der Waals surface area contributed by atoms with E-state index in [-0.39, 0.29) is 5.82 Å². The van der Waals surface area contributed by atoms with Crippen molar-refractivity contribution in [3.63, 3.8) is 0 Å². The van der Waals surface area contributed by atoms with Crippen LogP contribution in [0.5, 0.6) is 0 Å². The number of hydrogen-bond donors (Lipinski definition) is 1. The van der Waals surface area contributed by atoms with Gasteiger partial charge in [0.05, 0.1) is 21.7 Å². The molecule has 0 bridgehead atoms. The molecule has 3 nitrogen and oxygen atoms in total. The zero-order valence-electron chi connectivity index (χ0n) is 8.80. The van der Waals surface area contributed by atoms with Gasteiger partial charge in [-0.3, -0.25) is 4.68 Å². The minimum atomic E-state index is -0.235. The highest BCUT2D eigenvalue weighted by atomic mass is 79.9. The normalized spacial score (nSPS) is 20.1. The van der Waals surface area contributed by atoms with Gasteiger partial charge >= 0.3 is 0 Å². The van der Waals surface area contributed by atoms with E-state index in [0.29, 0.717) is 10.5 Å². The predicted octanol–water partition coefficient (Wildman–Crippen LogP) is 2.60. The molecule has 2 aromatic rings. The number of fused-ring (bicyclic) bond motifs is 3.